The lowest BCUT2D eigenvalue weighted by Crippen LogP contribution is -2.47. The molecule has 3 heterocycles. The number of anilines is 1. The number of ether oxygens (including phenoxy) is 1. The van der Waals surface area contributed by atoms with Crippen LogP contribution in [0.15, 0.2) is 95.7 Å². The minimum Gasteiger partial charge on any atom is -0.455 e. The van der Waals surface area contributed by atoms with E-state index in [2.05, 4.69) is 42.5 Å². The third kappa shape index (κ3) is 8.72. The lowest BCUT2D eigenvalue weighted by molar-refractivity contribution is -0.385. The summed E-state index contributed by atoms with van der Waals surface area (Å²) in [5.74, 6) is 3.37. The van der Waals surface area contributed by atoms with Gasteiger partial charge in [0.05, 0.1) is 21.6 Å². The van der Waals surface area contributed by atoms with Crippen LogP contribution in [-0.4, -0.2) is 70.1 Å². The fourth-order valence-corrected chi connectivity index (χ4v) is 8.62. The summed E-state index contributed by atoms with van der Waals surface area (Å²) in [7, 11) is 0.0466. The van der Waals surface area contributed by atoms with E-state index in [1.165, 1.54) is 69.3 Å². The molecule has 2 aliphatic carbocycles. The van der Waals surface area contributed by atoms with Crippen molar-refractivity contribution in [2.75, 3.05) is 44.7 Å². The third-order valence-corrected chi connectivity index (χ3v) is 12.4. The lowest BCUT2D eigenvalue weighted by atomic mass is 9.59. The summed E-state index contributed by atoms with van der Waals surface area (Å²) in [6, 6.07) is 22.4. The second-order valence-electron chi connectivity index (χ2n) is 14.5. The number of benzene rings is 3. The lowest BCUT2D eigenvalue weighted by Gasteiger charge is -2.47. The van der Waals surface area contributed by atoms with E-state index in [-0.39, 0.29) is 11.3 Å². The van der Waals surface area contributed by atoms with E-state index in [0.717, 1.165) is 60.8 Å². The molecule has 5 aromatic rings. The largest absolute Gasteiger partial charge is 0.455 e. The van der Waals surface area contributed by atoms with Crippen molar-refractivity contribution in [3.8, 4) is 23.8 Å². The van der Waals surface area contributed by atoms with Gasteiger partial charge in [0.2, 0.25) is 0 Å². The van der Waals surface area contributed by atoms with Gasteiger partial charge in [0.25, 0.3) is 5.69 Å². The molecule has 1 saturated carbocycles. The maximum Gasteiger partial charge on any atom is 0.286 e. The molecule has 56 heavy (non-hydrogen) atoms. The first-order valence-corrected chi connectivity index (χ1v) is 20.2. The highest BCUT2D eigenvalue weighted by Gasteiger charge is 2.40. The first kappa shape index (κ1) is 38.9. The fraction of sp³-hybridized carbons (Fsp3) is 0.302. The number of nitro benzene ring substituents is 1. The Balaban J connectivity index is 0.000000271. The minimum absolute atomic E-state index is 0.178. The third-order valence-electron chi connectivity index (χ3n) is 11.1. The van der Waals surface area contributed by atoms with Crippen LogP contribution in [0.2, 0.25) is 5.02 Å². The summed E-state index contributed by atoms with van der Waals surface area (Å²) in [5, 5.41) is 12.4. The summed E-state index contributed by atoms with van der Waals surface area (Å²) in [5.41, 5.74) is 7.44. The standard InChI is InChI=1S/C34H35ClN4O2.C9H8N2O3S/c35-28-5-2-24(3-6-28)31-20-34(10-1-11-34)12-8-26(31)22-38-14-16-39(17-15-38)29-7-4-27(23-40)32(19-29)41-30-18-25-9-13-36-33(25)37-21-30;1-3-7-4-5-8(15(14)10-2)6-9(7)11(12)13/h2-7,9,13,18-19,21,23H,1,8,10-12,14-17,20,22H2,(H,36,37);1,4-6,10H,2H3. The summed E-state index contributed by atoms with van der Waals surface area (Å²) < 4.78 is 20.0. The van der Waals surface area contributed by atoms with Gasteiger partial charge in [0.15, 0.2) is 6.29 Å². The van der Waals surface area contributed by atoms with E-state index in [4.69, 9.17) is 22.8 Å². The number of piperazine rings is 1. The molecule has 8 rings (SSSR count). The second kappa shape index (κ2) is 17.2. The molecule has 2 N–H and O–H groups in total. The van der Waals surface area contributed by atoms with Crippen LogP contribution in [-0.2, 0) is 11.0 Å². The predicted octanol–water partition coefficient (Wildman–Crippen LogP) is 8.57. The number of aldehydes is 1. The zero-order valence-electron chi connectivity index (χ0n) is 31.1. The smallest absolute Gasteiger partial charge is 0.286 e. The quantitative estimate of drug-likeness (QED) is 0.0623. The van der Waals surface area contributed by atoms with Crippen LogP contribution in [0.5, 0.6) is 11.5 Å². The van der Waals surface area contributed by atoms with E-state index >= 15 is 0 Å². The molecule has 1 unspecified atom stereocenters. The molecule has 1 saturated heterocycles. The van der Waals surface area contributed by atoms with Gasteiger partial charge in [0.1, 0.15) is 33.7 Å². The number of aromatic amines is 1. The van der Waals surface area contributed by atoms with Gasteiger partial charge in [-0.2, -0.15) is 0 Å². The van der Waals surface area contributed by atoms with Crippen molar-refractivity contribution in [1.29, 1.82) is 0 Å². The highest BCUT2D eigenvalue weighted by molar-refractivity contribution is 7.83. The highest BCUT2D eigenvalue weighted by atomic mass is 35.5. The first-order valence-electron chi connectivity index (χ1n) is 18.7. The molecule has 1 spiro atoms. The number of aromatic nitrogens is 2. The van der Waals surface area contributed by atoms with Gasteiger partial charge in [-0.1, -0.05) is 41.6 Å². The molecule has 13 heteroatoms. The van der Waals surface area contributed by atoms with Gasteiger partial charge >= 0.3 is 0 Å². The summed E-state index contributed by atoms with van der Waals surface area (Å²) in [6.45, 7) is 4.91. The Labute approximate surface area is 333 Å². The fourth-order valence-electron chi connectivity index (χ4n) is 7.85. The van der Waals surface area contributed by atoms with Crippen LogP contribution < -0.4 is 14.4 Å². The van der Waals surface area contributed by atoms with E-state index in [0.29, 0.717) is 27.4 Å². The van der Waals surface area contributed by atoms with Crippen LogP contribution >= 0.6 is 11.6 Å². The molecule has 0 amide bonds. The Morgan fingerprint density at radius 1 is 1.07 bits per heavy atom. The highest BCUT2D eigenvalue weighted by Crippen LogP contribution is 2.55. The van der Waals surface area contributed by atoms with E-state index in [9.17, 15) is 19.1 Å². The van der Waals surface area contributed by atoms with Crippen LogP contribution in [0.25, 0.3) is 16.6 Å². The molecule has 1 atom stereocenters. The average Bonchev–Trinajstić information content (AvgIpc) is 3.69. The number of carbonyl (C=O) groups excluding carboxylic acids is 1. The maximum absolute atomic E-state index is 11.8. The number of rotatable bonds is 10. The Morgan fingerprint density at radius 2 is 1.86 bits per heavy atom. The topological polar surface area (TPSA) is 134 Å². The van der Waals surface area contributed by atoms with Gasteiger partial charge in [-0.3, -0.25) is 19.8 Å². The van der Waals surface area contributed by atoms with Gasteiger partial charge in [0, 0.05) is 67.1 Å². The van der Waals surface area contributed by atoms with Crippen molar-refractivity contribution < 1.29 is 18.7 Å². The van der Waals surface area contributed by atoms with Gasteiger partial charge in [-0.15, -0.1) is 6.42 Å². The van der Waals surface area contributed by atoms with E-state index in [1.807, 2.05) is 48.7 Å². The molecular formula is C43H43ClN6O5S. The SMILES string of the molecule is C#Cc1ccc(S(=O)NC)cc1[N+](=O)[O-].O=Cc1ccc(N2CCN(CC3=C(c4ccc(Cl)cc4)CC4(CCC4)CC3)CC2)cc1Oc1cnc2[nH]ccc2c1. The van der Waals surface area contributed by atoms with Crippen LogP contribution in [0, 0.1) is 27.9 Å². The number of fused-ring (bicyclic) bond motifs is 1. The molecule has 11 nitrogen and oxygen atoms in total. The monoisotopic (exact) mass is 790 g/mol. The predicted molar refractivity (Wildman–Crippen MR) is 222 cm³/mol. The number of terminal acetylenes is 1. The van der Waals surface area contributed by atoms with Crippen molar-refractivity contribution in [2.24, 2.45) is 5.41 Å². The van der Waals surface area contributed by atoms with Crippen LogP contribution in [0.4, 0.5) is 11.4 Å². The number of halogens is 1. The Hall–Kier alpha value is -5.32. The van der Waals surface area contributed by atoms with E-state index in [1.54, 1.807) is 17.3 Å². The van der Waals surface area contributed by atoms with Crippen molar-refractivity contribution in [3.63, 3.8) is 0 Å². The average molecular weight is 791 g/mol. The van der Waals surface area contributed by atoms with Crippen molar-refractivity contribution >= 4 is 56.9 Å². The zero-order chi connectivity index (χ0) is 39.2. The molecule has 3 aromatic carbocycles. The number of allylic oxidation sites excluding steroid dienone is 1. The molecule has 3 aliphatic rings. The number of carbonyl (C=O) groups is 1. The number of hydrogen-bond donors (Lipinski definition) is 2. The minimum atomic E-state index is -1.45. The number of pyridine rings is 1. The normalized spacial score (nSPS) is 17.1. The number of hydrogen-bond acceptors (Lipinski definition) is 8. The molecule has 2 aromatic heterocycles. The number of nitro groups is 1. The van der Waals surface area contributed by atoms with Gasteiger partial charge in [-0.25, -0.2) is 13.9 Å². The Morgan fingerprint density at radius 3 is 2.54 bits per heavy atom. The van der Waals surface area contributed by atoms with Crippen molar-refractivity contribution in [2.45, 2.75) is 43.4 Å². The van der Waals surface area contributed by atoms with Crippen molar-refractivity contribution in [3.05, 3.63) is 123 Å². The van der Waals surface area contributed by atoms with Crippen molar-refractivity contribution in [1.82, 2.24) is 19.6 Å². The summed E-state index contributed by atoms with van der Waals surface area (Å²) in [6.07, 6.45) is 17.4. The Bertz CT molecular complexity index is 2340. The van der Waals surface area contributed by atoms with Gasteiger partial charge < -0.3 is 14.6 Å². The second-order valence-corrected chi connectivity index (χ2v) is 16.3. The number of H-pyrrole nitrogens is 1. The molecule has 2 fully saturated rings. The Kier molecular flexibility index (Phi) is 12.0. The summed E-state index contributed by atoms with van der Waals surface area (Å²) >= 11 is 6.23. The first-order chi connectivity index (χ1) is 27.2. The summed E-state index contributed by atoms with van der Waals surface area (Å²) in [4.78, 5) is 34.7. The molecule has 288 valence electrons. The molecular weight excluding hydrogens is 748 g/mol. The molecule has 0 bridgehead atoms. The van der Waals surface area contributed by atoms with Gasteiger partial charge in [-0.05, 0) is 104 Å². The maximum atomic E-state index is 11.8. The number of nitrogens with zero attached hydrogens (tertiary/aromatic N) is 4. The van der Waals surface area contributed by atoms with Crippen LogP contribution in [0.1, 0.15) is 60.0 Å². The molecule has 0 radical (unpaired) electrons. The number of nitrogens with one attached hydrogen (secondary N) is 2. The molecule has 1 aliphatic heterocycles. The van der Waals surface area contributed by atoms with Crippen LogP contribution in [0.3, 0.4) is 0 Å². The zero-order valence-corrected chi connectivity index (χ0v) is 32.7. The van der Waals surface area contributed by atoms with E-state index < -0.39 is 15.9 Å².